The molecule has 6 nitrogen and oxygen atoms in total. The first kappa shape index (κ1) is 14.8. The Hall–Kier alpha value is -0.210. The molecule has 0 atom stereocenters. The Labute approximate surface area is 103 Å². The lowest BCUT2D eigenvalue weighted by atomic mass is 10.2. The minimum absolute atomic E-state index is 0.148. The molecule has 2 N–H and O–H groups in total. The van der Waals surface area contributed by atoms with Crippen molar-refractivity contribution in [3.05, 3.63) is 0 Å². The highest BCUT2D eigenvalue weighted by atomic mass is 32.2. The Kier molecular flexibility index (Phi) is 6.35. The molecule has 7 heteroatoms. The van der Waals surface area contributed by atoms with Gasteiger partial charge in [0.25, 0.3) is 0 Å². The lowest BCUT2D eigenvalue weighted by Gasteiger charge is -2.29. The van der Waals surface area contributed by atoms with Gasteiger partial charge in [-0.05, 0) is 25.9 Å². The molecule has 0 radical (unpaired) electrons. The number of ether oxygens (including phenoxy) is 1. The average Bonchev–Trinajstić information content (AvgIpc) is 2.35. The fraction of sp³-hybridized carbons (Fsp3) is 1.00. The van der Waals surface area contributed by atoms with Gasteiger partial charge in [0.2, 0.25) is 10.0 Å². The Balaban J connectivity index is 2.67. The van der Waals surface area contributed by atoms with Crippen LogP contribution >= 0.6 is 0 Å². The molecule has 0 spiro atoms. The summed E-state index contributed by atoms with van der Waals surface area (Å²) < 4.78 is 30.9. The Morgan fingerprint density at radius 2 is 2.00 bits per heavy atom. The number of nitrogens with one attached hydrogen (secondary N) is 1. The summed E-state index contributed by atoms with van der Waals surface area (Å²) in [4.78, 5) is 0. The maximum Gasteiger partial charge on any atom is 0.217 e. The third-order valence-electron chi connectivity index (χ3n) is 2.96. The summed E-state index contributed by atoms with van der Waals surface area (Å²) in [5, 5.41) is 11.8. The van der Waals surface area contributed by atoms with Crippen molar-refractivity contribution in [3.8, 4) is 0 Å². The second-order valence-electron chi connectivity index (χ2n) is 4.11. The number of hydrogen-bond donors (Lipinski definition) is 2. The van der Waals surface area contributed by atoms with Crippen molar-refractivity contribution in [1.29, 1.82) is 0 Å². The van der Waals surface area contributed by atoms with Crippen LogP contribution in [-0.2, 0) is 14.8 Å². The molecule has 0 bridgehead atoms. The standard InChI is InChI=1S/C10H22N2O4S/c1-16-9-7-12(6-8-13)17(14,15)10-2-4-11-5-3-10/h10-11,13H,2-9H2,1H3. The van der Waals surface area contributed by atoms with E-state index >= 15 is 0 Å². The maximum atomic E-state index is 12.3. The van der Waals surface area contributed by atoms with Gasteiger partial charge >= 0.3 is 0 Å². The van der Waals surface area contributed by atoms with Crippen LogP contribution in [0.1, 0.15) is 12.8 Å². The molecule has 0 aliphatic carbocycles. The van der Waals surface area contributed by atoms with Crippen LogP contribution in [0, 0.1) is 0 Å². The summed E-state index contributed by atoms with van der Waals surface area (Å²) >= 11 is 0. The van der Waals surface area contributed by atoms with Gasteiger partial charge in [-0.3, -0.25) is 0 Å². The topological polar surface area (TPSA) is 78.9 Å². The van der Waals surface area contributed by atoms with E-state index in [4.69, 9.17) is 9.84 Å². The number of piperidine rings is 1. The third kappa shape index (κ3) is 4.18. The first-order valence-corrected chi connectivity index (χ1v) is 7.42. The van der Waals surface area contributed by atoms with Gasteiger partial charge in [0.05, 0.1) is 18.5 Å². The average molecular weight is 266 g/mol. The third-order valence-corrected chi connectivity index (χ3v) is 5.36. The van der Waals surface area contributed by atoms with E-state index in [2.05, 4.69) is 5.32 Å². The molecule has 102 valence electrons. The molecule has 0 saturated carbocycles. The molecule has 17 heavy (non-hydrogen) atoms. The van der Waals surface area contributed by atoms with Gasteiger partial charge in [-0.25, -0.2) is 8.42 Å². The van der Waals surface area contributed by atoms with Gasteiger partial charge in [0.15, 0.2) is 0 Å². The lowest BCUT2D eigenvalue weighted by molar-refractivity contribution is 0.168. The fourth-order valence-corrected chi connectivity index (χ4v) is 3.89. The first-order chi connectivity index (χ1) is 8.12. The molecule has 0 unspecified atom stereocenters. The molecule has 1 aliphatic heterocycles. The van der Waals surface area contributed by atoms with Crippen molar-refractivity contribution < 1.29 is 18.3 Å². The lowest BCUT2D eigenvalue weighted by Crippen LogP contribution is -2.45. The maximum absolute atomic E-state index is 12.3. The molecule has 0 aromatic rings. The summed E-state index contributed by atoms with van der Waals surface area (Å²) in [6.45, 7) is 2.12. The van der Waals surface area contributed by atoms with Crippen molar-refractivity contribution in [3.63, 3.8) is 0 Å². The highest BCUT2D eigenvalue weighted by Gasteiger charge is 2.32. The predicted molar refractivity (Wildman–Crippen MR) is 65.3 cm³/mol. The van der Waals surface area contributed by atoms with E-state index in [9.17, 15) is 8.42 Å². The van der Waals surface area contributed by atoms with E-state index in [-0.39, 0.29) is 18.4 Å². The minimum Gasteiger partial charge on any atom is -0.395 e. The van der Waals surface area contributed by atoms with E-state index in [1.54, 1.807) is 0 Å². The minimum atomic E-state index is -3.31. The Bertz CT molecular complexity index is 301. The zero-order valence-electron chi connectivity index (χ0n) is 10.3. The van der Waals surface area contributed by atoms with E-state index in [0.29, 0.717) is 26.0 Å². The summed E-state index contributed by atoms with van der Waals surface area (Å²) in [5.41, 5.74) is 0. The van der Waals surface area contributed by atoms with Gasteiger partial charge < -0.3 is 15.2 Å². The van der Waals surface area contributed by atoms with E-state index in [0.717, 1.165) is 13.1 Å². The largest absolute Gasteiger partial charge is 0.395 e. The van der Waals surface area contributed by atoms with E-state index in [1.807, 2.05) is 0 Å². The second kappa shape index (κ2) is 7.27. The molecule has 1 rings (SSSR count). The van der Waals surface area contributed by atoms with Crippen LogP contribution in [0.25, 0.3) is 0 Å². The number of methoxy groups -OCH3 is 1. The monoisotopic (exact) mass is 266 g/mol. The molecular weight excluding hydrogens is 244 g/mol. The Morgan fingerprint density at radius 3 is 2.53 bits per heavy atom. The zero-order chi connectivity index (χ0) is 12.7. The van der Waals surface area contributed by atoms with Crippen molar-refractivity contribution in [2.45, 2.75) is 18.1 Å². The van der Waals surface area contributed by atoms with Crippen LogP contribution in [0.5, 0.6) is 0 Å². The van der Waals surface area contributed by atoms with Gasteiger partial charge in [-0.1, -0.05) is 0 Å². The quantitative estimate of drug-likeness (QED) is 0.618. The summed E-state index contributed by atoms with van der Waals surface area (Å²) in [6.07, 6.45) is 1.27. The normalized spacial score (nSPS) is 18.8. The summed E-state index contributed by atoms with van der Waals surface area (Å²) in [5.74, 6) is 0. The van der Waals surface area contributed by atoms with Crippen molar-refractivity contribution >= 4 is 10.0 Å². The number of hydrogen-bond acceptors (Lipinski definition) is 5. The number of sulfonamides is 1. The molecule has 1 fully saturated rings. The van der Waals surface area contributed by atoms with Gasteiger partial charge in [-0.2, -0.15) is 4.31 Å². The van der Waals surface area contributed by atoms with Crippen molar-refractivity contribution in [2.75, 3.05) is 46.5 Å². The van der Waals surface area contributed by atoms with Crippen LogP contribution in [0.3, 0.4) is 0 Å². The first-order valence-electron chi connectivity index (χ1n) is 5.92. The smallest absolute Gasteiger partial charge is 0.217 e. The molecule has 0 aromatic carbocycles. The van der Waals surface area contributed by atoms with E-state index in [1.165, 1.54) is 11.4 Å². The van der Waals surface area contributed by atoms with E-state index < -0.39 is 10.0 Å². The molecular formula is C10H22N2O4S. The van der Waals surface area contributed by atoms with Crippen LogP contribution in [-0.4, -0.2) is 69.6 Å². The van der Waals surface area contributed by atoms with Crippen molar-refractivity contribution in [1.82, 2.24) is 9.62 Å². The molecule has 1 aliphatic rings. The zero-order valence-corrected chi connectivity index (χ0v) is 11.1. The van der Waals surface area contributed by atoms with Crippen LogP contribution in [0.2, 0.25) is 0 Å². The number of aliphatic hydroxyl groups is 1. The summed E-state index contributed by atoms with van der Waals surface area (Å²) in [6, 6.07) is 0. The number of nitrogens with zero attached hydrogens (tertiary/aromatic N) is 1. The van der Waals surface area contributed by atoms with Gasteiger partial charge in [-0.15, -0.1) is 0 Å². The second-order valence-corrected chi connectivity index (χ2v) is 6.32. The molecule has 1 saturated heterocycles. The highest BCUT2D eigenvalue weighted by molar-refractivity contribution is 7.89. The van der Waals surface area contributed by atoms with Crippen LogP contribution in [0.4, 0.5) is 0 Å². The van der Waals surface area contributed by atoms with Crippen LogP contribution < -0.4 is 5.32 Å². The van der Waals surface area contributed by atoms with Crippen molar-refractivity contribution in [2.24, 2.45) is 0 Å². The highest BCUT2D eigenvalue weighted by Crippen LogP contribution is 2.17. The summed E-state index contributed by atoms with van der Waals surface area (Å²) in [7, 11) is -1.77. The number of aliphatic hydroxyl groups excluding tert-OH is 1. The Morgan fingerprint density at radius 1 is 1.35 bits per heavy atom. The molecule has 0 aromatic heterocycles. The molecule has 0 amide bonds. The van der Waals surface area contributed by atoms with Gasteiger partial charge in [0, 0.05) is 20.2 Å². The number of rotatable bonds is 7. The van der Waals surface area contributed by atoms with Crippen LogP contribution in [0.15, 0.2) is 0 Å². The SMILES string of the molecule is COCCN(CCO)S(=O)(=O)C1CCNCC1. The van der Waals surface area contributed by atoms with Gasteiger partial charge in [0.1, 0.15) is 0 Å². The predicted octanol–water partition coefficient (Wildman–Crippen LogP) is -0.991. The fourth-order valence-electron chi connectivity index (χ4n) is 1.98. The molecule has 1 heterocycles.